The molecule has 0 aliphatic carbocycles. The molecule has 0 aromatic heterocycles. The van der Waals surface area contributed by atoms with Crippen LogP contribution < -0.4 is 0 Å². The Bertz CT molecular complexity index is 440. The molecule has 0 amide bonds. The lowest BCUT2D eigenvalue weighted by Gasteiger charge is -2.42. The maximum Gasteiger partial charge on any atom is 0.286 e. The van der Waals surface area contributed by atoms with E-state index in [0.717, 1.165) is 24.8 Å². The largest absolute Gasteiger partial charge is 0.377 e. The van der Waals surface area contributed by atoms with E-state index < -0.39 is 5.97 Å². The molecule has 22 heavy (non-hydrogen) atoms. The molecule has 2 rings (SSSR count). The van der Waals surface area contributed by atoms with Crippen LogP contribution in [0, 0.1) is 18.3 Å². The van der Waals surface area contributed by atoms with Crippen molar-refractivity contribution in [1.82, 2.24) is 0 Å². The molecule has 4 nitrogen and oxygen atoms in total. The van der Waals surface area contributed by atoms with Crippen LogP contribution >= 0.6 is 0 Å². The molecule has 0 N–H and O–H groups in total. The molecule has 2 aliphatic rings. The number of allylic oxidation sites excluding steroid dienone is 1. The Kier molecular flexibility index (Phi) is 5.68. The first-order valence-corrected chi connectivity index (χ1v) is 8.11. The van der Waals surface area contributed by atoms with Gasteiger partial charge in [-0.05, 0) is 45.3 Å². The van der Waals surface area contributed by atoms with Crippen molar-refractivity contribution < 1.29 is 18.9 Å². The summed E-state index contributed by atoms with van der Waals surface area (Å²) in [6.45, 7) is 8.16. The van der Waals surface area contributed by atoms with Crippen LogP contribution in [0.5, 0.6) is 0 Å². The standard InChI is InChI=1S/C18H28O4/c1-7-8-12(2)17(19-6)11-16-10-9-13(3)18(22-16)20-14(4)15(5)21-18/h1,8,13-17H,9-11H2,2-6H3/b12-8-/t13-,14-,15-,16+,17+/m1/s1. The highest BCUT2D eigenvalue weighted by molar-refractivity contribution is 5.19. The highest BCUT2D eigenvalue weighted by Crippen LogP contribution is 2.43. The van der Waals surface area contributed by atoms with Gasteiger partial charge >= 0.3 is 0 Å². The summed E-state index contributed by atoms with van der Waals surface area (Å²) in [7, 11) is 1.70. The SMILES string of the molecule is C#C/C=C(/C)[C@H](C[C@@H]1CC[C@@H](C)C2(O1)O[C@H](C)[C@@H](C)O2)OC. The summed E-state index contributed by atoms with van der Waals surface area (Å²) >= 11 is 0. The summed E-state index contributed by atoms with van der Waals surface area (Å²) in [4.78, 5) is 0. The molecule has 2 heterocycles. The number of hydrogen-bond acceptors (Lipinski definition) is 4. The molecule has 1 spiro atoms. The average molecular weight is 308 g/mol. The zero-order chi connectivity index (χ0) is 16.3. The van der Waals surface area contributed by atoms with Gasteiger partial charge in [0.15, 0.2) is 0 Å². The van der Waals surface area contributed by atoms with Gasteiger partial charge in [-0.1, -0.05) is 12.8 Å². The van der Waals surface area contributed by atoms with Gasteiger partial charge in [0.05, 0.1) is 24.4 Å². The summed E-state index contributed by atoms with van der Waals surface area (Å²) in [6, 6.07) is 0. The van der Waals surface area contributed by atoms with Crippen LogP contribution in [-0.2, 0) is 18.9 Å². The highest BCUT2D eigenvalue weighted by atomic mass is 16.9. The van der Waals surface area contributed by atoms with Crippen molar-refractivity contribution in [2.24, 2.45) is 5.92 Å². The third-order valence-corrected chi connectivity index (χ3v) is 4.80. The summed E-state index contributed by atoms with van der Waals surface area (Å²) in [5.41, 5.74) is 1.04. The minimum atomic E-state index is -0.899. The van der Waals surface area contributed by atoms with Crippen LogP contribution in [0.1, 0.15) is 47.0 Å². The van der Waals surface area contributed by atoms with Crippen LogP contribution in [-0.4, -0.2) is 37.5 Å². The number of ether oxygens (including phenoxy) is 4. The van der Waals surface area contributed by atoms with E-state index in [1.165, 1.54) is 0 Å². The van der Waals surface area contributed by atoms with Gasteiger partial charge in [-0.3, -0.25) is 0 Å². The Labute approximate surface area is 134 Å². The molecule has 2 saturated heterocycles. The fourth-order valence-electron chi connectivity index (χ4n) is 3.14. The normalized spacial score (nSPS) is 36.3. The molecule has 0 unspecified atom stereocenters. The summed E-state index contributed by atoms with van der Waals surface area (Å²) in [6.07, 6.45) is 9.93. The second-order valence-electron chi connectivity index (χ2n) is 6.48. The van der Waals surface area contributed by atoms with E-state index in [1.807, 2.05) is 20.8 Å². The van der Waals surface area contributed by atoms with Gasteiger partial charge in [-0.25, -0.2) is 0 Å². The highest BCUT2D eigenvalue weighted by Gasteiger charge is 2.53. The maximum absolute atomic E-state index is 6.25. The average Bonchev–Trinajstić information content (AvgIpc) is 2.76. The Morgan fingerprint density at radius 3 is 2.45 bits per heavy atom. The predicted octanol–water partition coefficient (Wildman–Crippen LogP) is 3.26. The molecule has 0 aromatic carbocycles. The number of methoxy groups -OCH3 is 1. The Hall–Kier alpha value is -0.860. The first-order chi connectivity index (χ1) is 10.4. The predicted molar refractivity (Wildman–Crippen MR) is 85.1 cm³/mol. The second-order valence-corrected chi connectivity index (χ2v) is 6.48. The molecular weight excluding hydrogens is 280 g/mol. The van der Waals surface area contributed by atoms with Crippen molar-refractivity contribution in [3.8, 4) is 12.3 Å². The maximum atomic E-state index is 6.25. The van der Waals surface area contributed by atoms with E-state index in [4.69, 9.17) is 25.4 Å². The van der Waals surface area contributed by atoms with E-state index in [0.29, 0.717) is 0 Å². The lowest BCUT2D eigenvalue weighted by Crippen LogP contribution is -2.49. The van der Waals surface area contributed by atoms with Crippen LogP contribution in [0.4, 0.5) is 0 Å². The molecule has 4 heteroatoms. The first kappa shape index (κ1) is 17.5. The van der Waals surface area contributed by atoms with E-state index in [1.54, 1.807) is 13.2 Å². The summed E-state index contributed by atoms with van der Waals surface area (Å²) < 4.78 is 23.9. The molecule has 0 bridgehead atoms. The van der Waals surface area contributed by atoms with Gasteiger partial charge in [0.2, 0.25) is 0 Å². The van der Waals surface area contributed by atoms with Crippen molar-refractivity contribution in [1.29, 1.82) is 0 Å². The second kappa shape index (κ2) is 7.14. The summed E-state index contributed by atoms with van der Waals surface area (Å²) in [5, 5.41) is 0. The van der Waals surface area contributed by atoms with E-state index in [9.17, 15) is 0 Å². The number of terminal acetylenes is 1. The van der Waals surface area contributed by atoms with Gasteiger partial charge in [0.25, 0.3) is 5.97 Å². The Morgan fingerprint density at radius 2 is 1.91 bits per heavy atom. The topological polar surface area (TPSA) is 36.9 Å². The third kappa shape index (κ3) is 3.55. The van der Waals surface area contributed by atoms with Crippen molar-refractivity contribution in [2.75, 3.05) is 7.11 Å². The van der Waals surface area contributed by atoms with Gasteiger partial charge in [0.1, 0.15) is 0 Å². The molecule has 5 atom stereocenters. The lowest BCUT2D eigenvalue weighted by molar-refractivity contribution is -0.396. The van der Waals surface area contributed by atoms with E-state index >= 15 is 0 Å². The summed E-state index contributed by atoms with van der Waals surface area (Å²) in [5.74, 6) is 1.88. The van der Waals surface area contributed by atoms with Crippen LogP contribution in [0.2, 0.25) is 0 Å². The van der Waals surface area contributed by atoms with E-state index in [-0.39, 0.29) is 30.3 Å². The molecular formula is C18H28O4. The molecule has 0 saturated carbocycles. The number of hydrogen-bond donors (Lipinski definition) is 0. The van der Waals surface area contributed by atoms with Gasteiger partial charge in [-0.2, -0.15) is 0 Å². The van der Waals surface area contributed by atoms with Crippen LogP contribution in [0.3, 0.4) is 0 Å². The Morgan fingerprint density at radius 1 is 1.27 bits per heavy atom. The molecule has 2 aliphatic heterocycles. The van der Waals surface area contributed by atoms with Crippen molar-refractivity contribution in [3.63, 3.8) is 0 Å². The molecule has 124 valence electrons. The van der Waals surface area contributed by atoms with Gasteiger partial charge in [-0.15, -0.1) is 6.42 Å². The smallest absolute Gasteiger partial charge is 0.286 e. The van der Waals surface area contributed by atoms with Crippen molar-refractivity contribution in [3.05, 3.63) is 11.6 Å². The fourth-order valence-corrected chi connectivity index (χ4v) is 3.14. The van der Waals surface area contributed by atoms with Crippen LogP contribution in [0.25, 0.3) is 0 Å². The van der Waals surface area contributed by atoms with E-state index in [2.05, 4.69) is 12.8 Å². The van der Waals surface area contributed by atoms with Gasteiger partial charge in [0, 0.05) is 19.4 Å². The van der Waals surface area contributed by atoms with Crippen LogP contribution in [0.15, 0.2) is 11.6 Å². The minimum absolute atomic E-state index is 0.0391. The zero-order valence-electron chi connectivity index (χ0n) is 14.3. The lowest BCUT2D eigenvalue weighted by atomic mass is 9.92. The first-order valence-electron chi connectivity index (χ1n) is 8.11. The fraction of sp³-hybridized carbons (Fsp3) is 0.778. The zero-order valence-corrected chi connectivity index (χ0v) is 14.3. The monoisotopic (exact) mass is 308 g/mol. The number of rotatable bonds is 4. The van der Waals surface area contributed by atoms with Crippen molar-refractivity contribution in [2.45, 2.75) is 77.3 Å². The third-order valence-electron chi connectivity index (χ3n) is 4.80. The minimum Gasteiger partial charge on any atom is -0.377 e. The molecule has 0 radical (unpaired) electrons. The van der Waals surface area contributed by atoms with Crippen molar-refractivity contribution >= 4 is 0 Å². The van der Waals surface area contributed by atoms with Gasteiger partial charge < -0.3 is 18.9 Å². The Balaban J connectivity index is 2.05. The quantitative estimate of drug-likeness (QED) is 0.747. The molecule has 2 fully saturated rings. The molecule has 0 aromatic rings.